The molecule has 1 N–H and O–H groups in total. The van der Waals surface area contributed by atoms with Crippen molar-refractivity contribution < 1.29 is 0 Å². The smallest absolute Gasteiger partial charge is 0.133 e. The summed E-state index contributed by atoms with van der Waals surface area (Å²) in [6, 6.07) is 2.76. The van der Waals surface area contributed by atoms with Crippen LogP contribution in [-0.4, -0.2) is 24.6 Å². The van der Waals surface area contributed by atoms with Crippen molar-refractivity contribution in [2.24, 2.45) is 11.8 Å². The van der Waals surface area contributed by atoms with E-state index in [-0.39, 0.29) is 0 Å². The van der Waals surface area contributed by atoms with Crippen molar-refractivity contribution in [2.45, 2.75) is 53.6 Å². The summed E-state index contributed by atoms with van der Waals surface area (Å²) in [5.41, 5.74) is 3.82. The Morgan fingerprint density at radius 1 is 1.30 bits per heavy atom. The maximum atomic E-state index is 4.88. The van der Waals surface area contributed by atoms with Crippen LogP contribution in [0.2, 0.25) is 0 Å². The second-order valence-electron chi connectivity index (χ2n) is 6.62. The van der Waals surface area contributed by atoms with Crippen LogP contribution in [-0.2, 0) is 6.54 Å². The molecule has 0 aliphatic carbocycles. The normalized spacial score (nSPS) is 26.9. The van der Waals surface area contributed by atoms with Gasteiger partial charge in [0.1, 0.15) is 5.82 Å². The molecule has 112 valence electrons. The predicted molar refractivity (Wildman–Crippen MR) is 86.2 cm³/mol. The average molecular weight is 275 g/mol. The lowest BCUT2D eigenvalue weighted by Crippen LogP contribution is -2.47. The Kier molecular flexibility index (Phi) is 4.69. The minimum atomic E-state index is 0.565. The van der Waals surface area contributed by atoms with Crippen molar-refractivity contribution in [1.29, 1.82) is 0 Å². The van der Waals surface area contributed by atoms with Crippen molar-refractivity contribution in [3.05, 3.63) is 22.9 Å². The Labute approximate surface area is 123 Å². The maximum Gasteiger partial charge on any atom is 0.133 e. The molecule has 1 aliphatic heterocycles. The number of aromatic nitrogens is 1. The fraction of sp³-hybridized carbons (Fsp3) is 0.706. The Balaban J connectivity index is 2.44. The summed E-state index contributed by atoms with van der Waals surface area (Å²) in [5.74, 6) is 2.66. The van der Waals surface area contributed by atoms with Crippen LogP contribution in [0.1, 0.15) is 44.0 Å². The standard InChI is InChI=1S/C17H29N3/c1-11-7-12(2)15(5)20(10-11)17-16(9-18-6)13(3)8-14(4)19-17/h8,11-12,15,18H,7,9-10H2,1-6H3. The van der Waals surface area contributed by atoms with Crippen LogP contribution in [0.4, 0.5) is 5.82 Å². The van der Waals surface area contributed by atoms with Gasteiger partial charge < -0.3 is 10.2 Å². The number of rotatable bonds is 3. The van der Waals surface area contributed by atoms with Gasteiger partial charge in [0.15, 0.2) is 0 Å². The van der Waals surface area contributed by atoms with E-state index in [1.807, 2.05) is 7.05 Å². The zero-order valence-corrected chi connectivity index (χ0v) is 13.8. The molecule has 2 rings (SSSR count). The fourth-order valence-corrected chi connectivity index (χ4v) is 3.47. The van der Waals surface area contributed by atoms with Crippen LogP contribution >= 0.6 is 0 Å². The van der Waals surface area contributed by atoms with Gasteiger partial charge in [0, 0.05) is 30.4 Å². The minimum absolute atomic E-state index is 0.565. The van der Waals surface area contributed by atoms with E-state index < -0.39 is 0 Å². The zero-order valence-electron chi connectivity index (χ0n) is 13.8. The molecule has 3 unspecified atom stereocenters. The van der Waals surface area contributed by atoms with Crippen LogP contribution in [0, 0.1) is 25.7 Å². The van der Waals surface area contributed by atoms with Gasteiger partial charge in [0.05, 0.1) is 0 Å². The molecule has 0 bridgehead atoms. The van der Waals surface area contributed by atoms with E-state index in [9.17, 15) is 0 Å². The molecule has 1 aliphatic rings. The highest BCUT2D eigenvalue weighted by Gasteiger charge is 2.31. The third kappa shape index (κ3) is 2.98. The number of piperidine rings is 1. The summed E-state index contributed by atoms with van der Waals surface area (Å²) >= 11 is 0. The third-order valence-corrected chi connectivity index (χ3v) is 4.68. The number of hydrogen-bond acceptors (Lipinski definition) is 3. The van der Waals surface area contributed by atoms with Crippen molar-refractivity contribution >= 4 is 5.82 Å². The monoisotopic (exact) mass is 275 g/mol. The molecule has 3 heteroatoms. The highest BCUT2D eigenvalue weighted by atomic mass is 15.2. The number of hydrogen-bond donors (Lipinski definition) is 1. The quantitative estimate of drug-likeness (QED) is 0.917. The molecule has 1 aromatic heterocycles. The molecule has 0 radical (unpaired) electrons. The lowest BCUT2D eigenvalue weighted by molar-refractivity contribution is 0.295. The largest absolute Gasteiger partial charge is 0.353 e. The molecule has 20 heavy (non-hydrogen) atoms. The summed E-state index contributed by atoms with van der Waals surface area (Å²) in [6.07, 6.45) is 1.32. The summed E-state index contributed by atoms with van der Waals surface area (Å²) in [4.78, 5) is 7.41. The van der Waals surface area contributed by atoms with Gasteiger partial charge in [-0.2, -0.15) is 0 Å². The first kappa shape index (κ1) is 15.3. The molecular weight excluding hydrogens is 246 g/mol. The summed E-state index contributed by atoms with van der Waals surface area (Å²) in [6.45, 7) is 13.4. The highest BCUT2D eigenvalue weighted by molar-refractivity contribution is 5.53. The summed E-state index contributed by atoms with van der Waals surface area (Å²) in [5, 5.41) is 3.29. The topological polar surface area (TPSA) is 28.2 Å². The first-order chi connectivity index (χ1) is 9.43. The van der Waals surface area contributed by atoms with Gasteiger partial charge in [0.2, 0.25) is 0 Å². The molecule has 3 atom stereocenters. The van der Waals surface area contributed by atoms with E-state index in [4.69, 9.17) is 4.98 Å². The third-order valence-electron chi connectivity index (χ3n) is 4.68. The molecule has 3 nitrogen and oxygen atoms in total. The molecule has 0 amide bonds. The number of nitrogens with zero attached hydrogens (tertiary/aromatic N) is 2. The molecule has 0 spiro atoms. The van der Waals surface area contributed by atoms with Gasteiger partial charge in [-0.05, 0) is 57.7 Å². The van der Waals surface area contributed by atoms with Gasteiger partial charge in [0.25, 0.3) is 0 Å². The van der Waals surface area contributed by atoms with Crippen molar-refractivity contribution in [3.63, 3.8) is 0 Å². The van der Waals surface area contributed by atoms with Crippen LogP contribution in [0.5, 0.6) is 0 Å². The predicted octanol–water partition coefficient (Wildman–Crippen LogP) is 3.29. The van der Waals surface area contributed by atoms with E-state index in [2.05, 4.69) is 50.9 Å². The molecule has 1 aromatic rings. The van der Waals surface area contributed by atoms with E-state index in [0.717, 1.165) is 30.6 Å². The highest BCUT2D eigenvalue weighted by Crippen LogP contribution is 2.33. The molecule has 2 heterocycles. The van der Waals surface area contributed by atoms with Gasteiger partial charge >= 0.3 is 0 Å². The number of pyridine rings is 1. The number of aryl methyl sites for hydroxylation is 2. The van der Waals surface area contributed by atoms with Gasteiger partial charge in [-0.3, -0.25) is 0 Å². The van der Waals surface area contributed by atoms with Crippen molar-refractivity contribution in [2.75, 3.05) is 18.5 Å². The molecule has 1 saturated heterocycles. The van der Waals surface area contributed by atoms with Gasteiger partial charge in [-0.1, -0.05) is 13.8 Å². The first-order valence-electron chi connectivity index (χ1n) is 7.82. The summed E-state index contributed by atoms with van der Waals surface area (Å²) < 4.78 is 0. The molecule has 1 fully saturated rings. The van der Waals surface area contributed by atoms with Crippen LogP contribution in [0.15, 0.2) is 6.07 Å². The number of anilines is 1. The second kappa shape index (κ2) is 6.13. The van der Waals surface area contributed by atoms with Gasteiger partial charge in [-0.25, -0.2) is 4.98 Å². The lowest BCUT2D eigenvalue weighted by atomic mass is 9.85. The van der Waals surface area contributed by atoms with E-state index in [0.29, 0.717) is 6.04 Å². The molecule has 0 aromatic carbocycles. The Bertz CT molecular complexity index is 470. The average Bonchev–Trinajstić information content (AvgIpc) is 2.37. The van der Waals surface area contributed by atoms with Crippen LogP contribution in [0.3, 0.4) is 0 Å². The van der Waals surface area contributed by atoms with Gasteiger partial charge in [-0.15, -0.1) is 0 Å². The first-order valence-corrected chi connectivity index (χ1v) is 7.82. The lowest BCUT2D eigenvalue weighted by Gasteiger charge is -2.43. The Hall–Kier alpha value is -1.09. The van der Waals surface area contributed by atoms with Crippen LogP contribution in [0.25, 0.3) is 0 Å². The van der Waals surface area contributed by atoms with E-state index in [1.54, 1.807) is 0 Å². The van der Waals surface area contributed by atoms with Crippen molar-refractivity contribution in [3.8, 4) is 0 Å². The van der Waals surface area contributed by atoms with E-state index in [1.165, 1.54) is 23.4 Å². The zero-order chi connectivity index (χ0) is 14.9. The van der Waals surface area contributed by atoms with E-state index >= 15 is 0 Å². The Morgan fingerprint density at radius 3 is 2.65 bits per heavy atom. The SMILES string of the molecule is CNCc1c(C)cc(C)nc1N1CC(C)CC(C)C1C. The van der Waals surface area contributed by atoms with Crippen LogP contribution < -0.4 is 10.2 Å². The summed E-state index contributed by atoms with van der Waals surface area (Å²) in [7, 11) is 2.01. The molecule has 0 saturated carbocycles. The second-order valence-corrected chi connectivity index (χ2v) is 6.62. The Morgan fingerprint density at radius 2 is 2.00 bits per heavy atom. The van der Waals surface area contributed by atoms with Crippen molar-refractivity contribution in [1.82, 2.24) is 10.3 Å². The molecular formula is C17H29N3. The maximum absolute atomic E-state index is 4.88. The number of nitrogens with one attached hydrogen (secondary N) is 1. The fourth-order valence-electron chi connectivity index (χ4n) is 3.47. The minimum Gasteiger partial charge on any atom is -0.353 e.